The van der Waals surface area contributed by atoms with E-state index in [2.05, 4.69) is 10.3 Å². The van der Waals surface area contributed by atoms with Gasteiger partial charge in [-0.15, -0.1) is 0 Å². The molecular formula is C29H33ClFN3O5. The Bertz CT molecular complexity index is 1340. The van der Waals surface area contributed by atoms with Gasteiger partial charge in [-0.1, -0.05) is 29.8 Å². The maximum absolute atomic E-state index is 14.3. The van der Waals surface area contributed by atoms with Gasteiger partial charge in [0.2, 0.25) is 5.91 Å². The van der Waals surface area contributed by atoms with E-state index < -0.39 is 6.17 Å². The van der Waals surface area contributed by atoms with Gasteiger partial charge in [0.1, 0.15) is 11.7 Å². The van der Waals surface area contributed by atoms with Crippen LogP contribution in [-0.4, -0.2) is 60.3 Å². The van der Waals surface area contributed by atoms with Gasteiger partial charge in [0.05, 0.1) is 55.5 Å². The SMILES string of the molecule is COC(=O)C1CCC(OC[C@@H]2C[C@H](F)CN2C(=O)Cc2ccc(Nc3nc4c(C)cccc4o3)c(Cl)c2)CC1. The average Bonchev–Trinajstić information content (AvgIpc) is 3.52. The van der Waals surface area contributed by atoms with Crippen molar-refractivity contribution >= 4 is 46.3 Å². The van der Waals surface area contributed by atoms with Gasteiger partial charge in [0.15, 0.2) is 5.58 Å². The third kappa shape index (κ3) is 6.36. The fourth-order valence-electron chi connectivity index (χ4n) is 5.50. The Labute approximate surface area is 231 Å². The van der Waals surface area contributed by atoms with Gasteiger partial charge >= 0.3 is 5.97 Å². The molecule has 1 aliphatic carbocycles. The molecule has 1 saturated heterocycles. The second-order valence-electron chi connectivity index (χ2n) is 10.4. The zero-order chi connectivity index (χ0) is 27.5. The standard InChI is InChI=1S/C29H33ClFN3O5/c1-17-4-3-5-25-27(17)33-29(39-25)32-24-11-6-18(12-23(24)30)13-26(35)34-15-20(31)14-21(34)16-38-22-9-7-19(8-10-22)28(36)37-2/h3-6,11-12,19-22H,7-10,13-16H2,1-2H3,(H,32,33)/t19?,20-,21-,22?/m0/s1. The van der Waals surface area contributed by atoms with E-state index in [1.54, 1.807) is 17.0 Å². The minimum atomic E-state index is -1.08. The lowest BCUT2D eigenvalue weighted by Gasteiger charge is -2.30. The summed E-state index contributed by atoms with van der Waals surface area (Å²) in [5.41, 5.74) is 3.81. The molecule has 2 fully saturated rings. The first-order valence-corrected chi connectivity index (χ1v) is 13.7. The Morgan fingerprint density at radius 1 is 1.21 bits per heavy atom. The van der Waals surface area contributed by atoms with Gasteiger partial charge in [-0.25, -0.2) is 4.39 Å². The van der Waals surface area contributed by atoms with E-state index in [0.717, 1.165) is 29.5 Å². The number of oxazole rings is 1. The molecule has 0 unspecified atom stereocenters. The van der Waals surface area contributed by atoms with Crippen molar-refractivity contribution in [3.63, 3.8) is 0 Å². The molecule has 5 rings (SSSR count). The number of nitrogens with zero attached hydrogens (tertiary/aromatic N) is 2. The maximum Gasteiger partial charge on any atom is 0.308 e. The van der Waals surface area contributed by atoms with Crippen LogP contribution in [0.15, 0.2) is 40.8 Å². The summed E-state index contributed by atoms with van der Waals surface area (Å²) < 4.78 is 31.0. The Morgan fingerprint density at radius 3 is 2.72 bits per heavy atom. The molecule has 1 saturated carbocycles. The summed E-state index contributed by atoms with van der Waals surface area (Å²) >= 11 is 6.51. The number of rotatable bonds is 8. The average molecular weight is 558 g/mol. The van der Waals surface area contributed by atoms with E-state index in [9.17, 15) is 14.0 Å². The Morgan fingerprint density at radius 2 is 2.00 bits per heavy atom. The van der Waals surface area contributed by atoms with Crippen LogP contribution in [0.25, 0.3) is 11.1 Å². The number of alkyl halides is 1. The summed E-state index contributed by atoms with van der Waals surface area (Å²) in [4.78, 5) is 31.0. The van der Waals surface area contributed by atoms with E-state index in [1.165, 1.54) is 7.11 Å². The second-order valence-corrected chi connectivity index (χ2v) is 10.8. The Kier molecular flexibility index (Phi) is 8.37. The lowest BCUT2D eigenvalue weighted by molar-refractivity contribution is -0.148. The van der Waals surface area contributed by atoms with Crippen molar-refractivity contribution in [1.82, 2.24) is 9.88 Å². The van der Waals surface area contributed by atoms with Crippen LogP contribution < -0.4 is 5.32 Å². The van der Waals surface area contributed by atoms with Crippen LogP contribution in [0, 0.1) is 12.8 Å². The van der Waals surface area contributed by atoms with E-state index in [1.807, 2.05) is 31.2 Å². The first-order valence-electron chi connectivity index (χ1n) is 13.3. The van der Waals surface area contributed by atoms with Crippen molar-refractivity contribution in [2.24, 2.45) is 5.92 Å². The van der Waals surface area contributed by atoms with E-state index >= 15 is 0 Å². The molecule has 8 nitrogen and oxygen atoms in total. The molecule has 1 aliphatic heterocycles. The number of amides is 1. The number of benzene rings is 2. The van der Waals surface area contributed by atoms with Crippen LogP contribution in [0.4, 0.5) is 16.1 Å². The number of carbonyl (C=O) groups excluding carboxylic acids is 2. The highest BCUT2D eigenvalue weighted by Gasteiger charge is 2.36. The van der Waals surface area contributed by atoms with E-state index in [4.69, 9.17) is 25.5 Å². The van der Waals surface area contributed by atoms with Crippen LogP contribution in [0.5, 0.6) is 0 Å². The molecule has 2 aromatic carbocycles. The summed E-state index contributed by atoms with van der Waals surface area (Å²) in [7, 11) is 1.41. The molecule has 208 valence electrons. The van der Waals surface area contributed by atoms with Crippen molar-refractivity contribution in [2.45, 2.75) is 63.8 Å². The number of esters is 1. The van der Waals surface area contributed by atoms with Gasteiger partial charge in [-0.3, -0.25) is 9.59 Å². The number of hydrogen-bond acceptors (Lipinski definition) is 7. The topological polar surface area (TPSA) is 93.9 Å². The van der Waals surface area contributed by atoms with Crippen molar-refractivity contribution in [3.05, 3.63) is 52.5 Å². The van der Waals surface area contributed by atoms with Gasteiger partial charge < -0.3 is 24.1 Å². The molecule has 2 heterocycles. The molecule has 1 N–H and O–H groups in total. The summed E-state index contributed by atoms with van der Waals surface area (Å²) in [6.07, 6.45) is 2.23. The van der Waals surface area contributed by atoms with Crippen molar-refractivity contribution in [2.75, 3.05) is 25.6 Å². The van der Waals surface area contributed by atoms with Crippen LogP contribution in [-0.2, 0) is 25.5 Å². The minimum absolute atomic E-state index is 0.00512. The van der Waals surface area contributed by atoms with Gasteiger partial charge in [0, 0.05) is 6.42 Å². The van der Waals surface area contributed by atoms with Gasteiger partial charge in [-0.05, 0) is 61.9 Å². The number of para-hydroxylation sites is 1. The smallest absolute Gasteiger partial charge is 0.308 e. The van der Waals surface area contributed by atoms with Crippen LogP contribution in [0.2, 0.25) is 5.02 Å². The minimum Gasteiger partial charge on any atom is -0.469 e. The quantitative estimate of drug-likeness (QED) is 0.352. The molecule has 1 aromatic heterocycles. The number of nitrogens with one attached hydrogen (secondary N) is 1. The molecule has 10 heteroatoms. The number of ether oxygens (including phenoxy) is 2. The second kappa shape index (κ2) is 11.9. The summed E-state index contributed by atoms with van der Waals surface area (Å²) in [6.45, 7) is 2.31. The highest BCUT2D eigenvalue weighted by atomic mass is 35.5. The predicted octanol–water partition coefficient (Wildman–Crippen LogP) is 5.76. The van der Waals surface area contributed by atoms with Crippen molar-refractivity contribution < 1.29 is 27.9 Å². The third-order valence-electron chi connectivity index (χ3n) is 7.67. The highest BCUT2D eigenvalue weighted by Crippen LogP contribution is 2.31. The van der Waals surface area contributed by atoms with Gasteiger partial charge in [-0.2, -0.15) is 4.98 Å². The Balaban J connectivity index is 1.16. The molecule has 2 aliphatic rings. The number of hydrogen-bond donors (Lipinski definition) is 1. The van der Waals surface area contributed by atoms with Gasteiger partial charge in [0.25, 0.3) is 6.01 Å². The number of aryl methyl sites for hydroxylation is 1. The zero-order valence-corrected chi connectivity index (χ0v) is 22.9. The first kappa shape index (κ1) is 27.4. The highest BCUT2D eigenvalue weighted by molar-refractivity contribution is 6.33. The number of methoxy groups -OCH3 is 1. The van der Waals surface area contributed by atoms with E-state index in [0.29, 0.717) is 35.1 Å². The molecule has 0 spiro atoms. The third-order valence-corrected chi connectivity index (χ3v) is 7.98. The fourth-order valence-corrected chi connectivity index (χ4v) is 5.75. The largest absolute Gasteiger partial charge is 0.469 e. The number of fused-ring (bicyclic) bond motifs is 1. The number of aromatic nitrogens is 1. The summed E-state index contributed by atoms with van der Waals surface area (Å²) in [6, 6.07) is 11.1. The number of anilines is 2. The lowest BCUT2D eigenvalue weighted by atomic mass is 9.87. The lowest BCUT2D eigenvalue weighted by Crippen LogP contribution is -2.40. The van der Waals surface area contributed by atoms with Crippen LogP contribution >= 0.6 is 11.6 Å². The number of carbonyl (C=O) groups is 2. The molecule has 3 aromatic rings. The molecule has 39 heavy (non-hydrogen) atoms. The van der Waals surface area contributed by atoms with E-state index in [-0.39, 0.29) is 55.9 Å². The fraction of sp³-hybridized carbons (Fsp3) is 0.483. The normalized spacial score (nSPS) is 23.2. The number of halogens is 2. The molecular weight excluding hydrogens is 525 g/mol. The van der Waals surface area contributed by atoms with Crippen molar-refractivity contribution in [1.29, 1.82) is 0 Å². The number of likely N-dealkylation sites (tertiary alicyclic amines) is 1. The summed E-state index contributed by atoms with van der Waals surface area (Å²) in [5.74, 6) is -0.418. The molecule has 1 amide bonds. The molecule has 2 atom stereocenters. The zero-order valence-electron chi connectivity index (χ0n) is 22.1. The first-order chi connectivity index (χ1) is 18.8. The summed E-state index contributed by atoms with van der Waals surface area (Å²) in [5, 5.41) is 3.52. The predicted molar refractivity (Wildman–Crippen MR) is 146 cm³/mol. The van der Waals surface area contributed by atoms with Crippen molar-refractivity contribution in [3.8, 4) is 0 Å². The van der Waals surface area contributed by atoms with Crippen LogP contribution in [0.1, 0.15) is 43.2 Å². The maximum atomic E-state index is 14.3. The molecule has 0 radical (unpaired) electrons. The molecule has 0 bridgehead atoms. The van der Waals surface area contributed by atoms with Crippen LogP contribution in [0.3, 0.4) is 0 Å². The Hall–Kier alpha value is -3.17. The monoisotopic (exact) mass is 557 g/mol.